The number of rotatable bonds is 5. The van der Waals surface area contributed by atoms with Gasteiger partial charge < -0.3 is 4.90 Å². The van der Waals surface area contributed by atoms with E-state index in [1.165, 1.54) is 41.5 Å². The molecule has 1 aliphatic rings. The lowest BCUT2D eigenvalue weighted by atomic mass is 9.96. The highest BCUT2D eigenvalue weighted by Crippen LogP contribution is 2.27. The van der Waals surface area contributed by atoms with Gasteiger partial charge in [0, 0.05) is 13.6 Å². The fraction of sp³-hybridized carbons (Fsp3) is 0.409. The van der Waals surface area contributed by atoms with Crippen molar-refractivity contribution in [3.63, 3.8) is 0 Å². The molecule has 3 rings (SSSR count). The van der Waals surface area contributed by atoms with Crippen molar-refractivity contribution in [1.29, 1.82) is 0 Å². The third kappa shape index (κ3) is 3.69. The molecular weight excluding hydrogens is 292 g/mol. The SMILES string of the molecule is CCN(C)C=Nc1cc(C)c(Cc2ccc3c(c2)CCC3)cc1C. The van der Waals surface area contributed by atoms with E-state index in [-0.39, 0.29) is 0 Å². The Balaban J connectivity index is 1.81. The van der Waals surface area contributed by atoms with E-state index in [4.69, 9.17) is 0 Å². The summed E-state index contributed by atoms with van der Waals surface area (Å²) in [5.74, 6) is 0. The zero-order valence-electron chi connectivity index (χ0n) is 15.4. The van der Waals surface area contributed by atoms with Gasteiger partial charge in [-0.2, -0.15) is 0 Å². The summed E-state index contributed by atoms with van der Waals surface area (Å²) in [4.78, 5) is 6.72. The predicted molar refractivity (Wildman–Crippen MR) is 104 cm³/mol. The van der Waals surface area contributed by atoms with Crippen molar-refractivity contribution in [1.82, 2.24) is 4.90 Å². The van der Waals surface area contributed by atoms with E-state index in [0.29, 0.717) is 0 Å². The topological polar surface area (TPSA) is 15.6 Å². The highest BCUT2D eigenvalue weighted by atomic mass is 15.1. The van der Waals surface area contributed by atoms with Crippen LogP contribution in [0.4, 0.5) is 5.69 Å². The van der Waals surface area contributed by atoms with Gasteiger partial charge in [0.2, 0.25) is 0 Å². The molecule has 0 fully saturated rings. The average Bonchev–Trinajstić information content (AvgIpc) is 3.04. The second-order valence-corrected chi connectivity index (χ2v) is 7.02. The smallest absolute Gasteiger partial charge is 0.0909 e. The normalized spacial score (nSPS) is 13.5. The number of aryl methyl sites for hydroxylation is 4. The van der Waals surface area contributed by atoms with Crippen LogP contribution in [0.25, 0.3) is 0 Å². The maximum atomic E-state index is 4.63. The molecule has 0 radical (unpaired) electrons. The maximum Gasteiger partial charge on any atom is 0.0909 e. The van der Waals surface area contributed by atoms with E-state index in [1.54, 1.807) is 11.1 Å². The molecule has 0 aliphatic heterocycles. The van der Waals surface area contributed by atoms with Crippen LogP contribution in [0.1, 0.15) is 46.7 Å². The standard InChI is InChI=1S/C22H28N2/c1-5-24(4)15-23-22-12-16(2)21(11-17(22)3)14-18-9-10-19-7-6-8-20(19)13-18/h9-13,15H,5-8,14H2,1-4H3. The summed E-state index contributed by atoms with van der Waals surface area (Å²) in [6.45, 7) is 7.46. The number of hydrogen-bond acceptors (Lipinski definition) is 1. The molecule has 0 N–H and O–H groups in total. The number of aliphatic imine (C=N–C) groups is 1. The molecule has 0 amide bonds. The monoisotopic (exact) mass is 320 g/mol. The molecule has 0 bridgehead atoms. The third-order valence-electron chi connectivity index (χ3n) is 5.10. The molecule has 1 aliphatic carbocycles. The zero-order valence-corrected chi connectivity index (χ0v) is 15.4. The molecule has 2 nitrogen and oxygen atoms in total. The van der Waals surface area contributed by atoms with Crippen LogP contribution in [0.3, 0.4) is 0 Å². The zero-order chi connectivity index (χ0) is 17.1. The minimum Gasteiger partial charge on any atom is -0.366 e. The minimum atomic E-state index is 0.970. The van der Waals surface area contributed by atoms with Crippen molar-refractivity contribution in [2.24, 2.45) is 4.99 Å². The van der Waals surface area contributed by atoms with Gasteiger partial charge >= 0.3 is 0 Å². The van der Waals surface area contributed by atoms with E-state index in [1.807, 2.05) is 13.4 Å². The van der Waals surface area contributed by atoms with Crippen molar-refractivity contribution >= 4 is 12.0 Å². The molecule has 2 aromatic rings. The van der Waals surface area contributed by atoms with Gasteiger partial charge in [-0.05, 0) is 85.9 Å². The lowest BCUT2D eigenvalue weighted by Crippen LogP contribution is -2.14. The van der Waals surface area contributed by atoms with E-state index in [0.717, 1.165) is 18.7 Å². The lowest BCUT2D eigenvalue weighted by molar-refractivity contribution is 0.552. The average molecular weight is 320 g/mol. The first-order valence-electron chi connectivity index (χ1n) is 9.02. The molecule has 24 heavy (non-hydrogen) atoms. The predicted octanol–water partition coefficient (Wildman–Crippen LogP) is 4.99. The first-order valence-corrected chi connectivity index (χ1v) is 9.02. The highest BCUT2D eigenvalue weighted by molar-refractivity contribution is 5.64. The molecule has 0 unspecified atom stereocenters. The second-order valence-electron chi connectivity index (χ2n) is 7.02. The largest absolute Gasteiger partial charge is 0.366 e. The van der Waals surface area contributed by atoms with Crippen molar-refractivity contribution in [3.8, 4) is 0 Å². The van der Waals surface area contributed by atoms with Crippen LogP contribution in [0.15, 0.2) is 35.3 Å². The summed E-state index contributed by atoms with van der Waals surface area (Å²) in [7, 11) is 2.05. The van der Waals surface area contributed by atoms with Crippen LogP contribution >= 0.6 is 0 Å². The molecule has 0 saturated heterocycles. The summed E-state index contributed by atoms with van der Waals surface area (Å²) < 4.78 is 0. The Morgan fingerprint density at radius 1 is 1.04 bits per heavy atom. The Morgan fingerprint density at radius 2 is 1.83 bits per heavy atom. The van der Waals surface area contributed by atoms with Crippen LogP contribution in [0.2, 0.25) is 0 Å². The van der Waals surface area contributed by atoms with Crippen LogP contribution in [-0.4, -0.2) is 24.8 Å². The molecule has 0 heterocycles. The summed E-state index contributed by atoms with van der Waals surface area (Å²) in [5.41, 5.74) is 9.60. The first kappa shape index (κ1) is 16.8. The number of nitrogens with zero attached hydrogens (tertiary/aromatic N) is 2. The van der Waals surface area contributed by atoms with E-state index < -0.39 is 0 Å². The van der Waals surface area contributed by atoms with Crippen LogP contribution < -0.4 is 0 Å². The number of hydrogen-bond donors (Lipinski definition) is 0. The van der Waals surface area contributed by atoms with Crippen molar-refractivity contribution < 1.29 is 0 Å². The Labute approximate surface area is 146 Å². The molecule has 0 saturated carbocycles. The Bertz CT molecular complexity index is 759. The summed E-state index contributed by atoms with van der Waals surface area (Å²) >= 11 is 0. The van der Waals surface area contributed by atoms with Crippen molar-refractivity contribution in [2.45, 2.75) is 46.5 Å². The minimum absolute atomic E-state index is 0.970. The molecule has 126 valence electrons. The van der Waals surface area contributed by atoms with Crippen LogP contribution in [0, 0.1) is 13.8 Å². The fourth-order valence-corrected chi connectivity index (χ4v) is 3.39. The molecule has 0 aromatic heterocycles. The number of benzene rings is 2. The molecular formula is C22H28N2. The third-order valence-corrected chi connectivity index (χ3v) is 5.10. The van der Waals surface area contributed by atoms with Gasteiger partial charge in [-0.15, -0.1) is 0 Å². The van der Waals surface area contributed by atoms with Gasteiger partial charge in [0.1, 0.15) is 0 Å². The lowest BCUT2D eigenvalue weighted by Gasteiger charge is -2.12. The first-order chi connectivity index (χ1) is 11.6. The van der Waals surface area contributed by atoms with Gasteiger partial charge in [0.15, 0.2) is 0 Å². The van der Waals surface area contributed by atoms with E-state index in [9.17, 15) is 0 Å². The Morgan fingerprint density at radius 3 is 2.62 bits per heavy atom. The summed E-state index contributed by atoms with van der Waals surface area (Å²) in [6.07, 6.45) is 6.75. The van der Waals surface area contributed by atoms with Crippen molar-refractivity contribution in [3.05, 3.63) is 63.7 Å². The van der Waals surface area contributed by atoms with Crippen LogP contribution in [0.5, 0.6) is 0 Å². The fourth-order valence-electron chi connectivity index (χ4n) is 3.39. The Hall–Kier alpha value is -2.09. The molecule has 2 heteroatoms. The Kier molecular flexibility index (Phi) is 5.03. The molecule has 2 aromatic carbocycles. The van der Waals surface area contributed by atoms with Crippen LogP contribution in [-0.2, 0) is 19.3 Å². The quantitative estimate of drug-likeness (QED) is 0.559. The van der Waals surface area contributed by atoms with Gasteiger partial charge in [0.05, 0.1) is 12.0 Å². The summed E-state index contributed by atoms with van der Waals surface area (Å²) in [5, 5.41) is 0. The number of fused-ring (bicyclic) bond motifs is 1. The van der Waals surface area contributed by atoms with Gasteiger partial charge in [-0.3, -0.25) is 0 Å². The molecule has 0 atom stereocenters. The summed E-state index contributed by atoms with van der Waals surface area (Å²) in [6, 6.07) is 11.6. The van der Waals surface area contributed by atoms with Gasteiger partial charge in [-0.1, -0.05) is 24.3 Å². The van der Waals surface area contributed by atoms with E-state index in [2.05, 4.69) is 61.0 Å². The highest BCUT2D eigenvalue weighted by Gasteiger charge is 2.12. The van der Waals surface area contributed by atoms with Crippen molar-refractivity contribution in [2.75, 3.05) is 13.6 Å². The van der Waals surface area contributed by atoms with Gasteiger partial charge in [-0.25, -0.2) is 4.99 Å². The van der Waals surface area contributed by atoms with Gasteiger partial charge in [0.25, 0.3) is 0 Å². The van der Waals surface area contributed by atoms with E-state index >= 15 is 0 Å². The maximum absolute atomic E-state index is 4.63. The second kappa shape index (κ2) is 7.21. The molecule has 0 spiro atoms.